The van der Waals surface area contributed by atoms with Crippen LogP contribution in [-0.4, -0.2) is 19.1 Å². The van der Waals surface area contributed by atoms with Crippen molar-refractivity contribution in [1.29, 1.82) is 0 Å². The third-order valence-electron chi connectivity index (χ3n) is 3.17. The number of ether oxygens (including phenoxy) is 2. The molecular formula is C17H20N2O3. The molecule has 0 aliphatic carbocycles. The SMILES string of the molecule is COc1ccc(CNC(=O)[C@H](C)Oc2cccc(N)c2)cc1. The summed E-state index contributed by atoms with van der Waals surface area (Å²) in [6, 6.07) is 14.5. The molecule has 0 aromatic heterocycles. The molecule has 0 radical (unpaired) electrons. The molecule has 0 heterocycles. The van der Waals surface area contributed by atoms with Crippen LogP contribution in [-0.2, 0) is 11.3 Å². The van der Waals surface area contributed by atoms with E-state index in [4.69, 9.17) is 15.2 Å². The smallest absolute Gasteiger partial charge is 0.261 e. The van der Waals surface area contributed by atoms with Crippen LogP contribution in [0.25, 0.3) is 0 Å². The molecule has 0 saturated carbocycles. The molecule has 2 aromatic rings. The molecule has 2 rings (SSSR count). The first-order valence-electron chi connectivity index (χ1n) is 7.01. The number of nitrogens with one attached hydrogen (secondary N) is 1. The molecular weight excluding hydrogens is 280 g/mol. The number of hydrogen-bond donors (Lipinski definition) is 2. The lowest BCUT2D eigenvalue weighted by molar-refractivity contribution is -0.127. The van der Waals surface area contributed by atoms with Gasteiger partial charge in [-0.05, 0) is 36.8 Å². The number of hydrogen-bond acceptors (Lipinski definition) is 4. The highest BCUT2D eigenvalue weighted by Crippen LogP contribution is 2.16. The van der Waals surface area contributed by atoms with Crippen LogP contribution in [0.15, 0.2) is 48.5 Å². The Morgan fingerprint density at radius 3 is 2.55 bits per heavy atom. The standard InChI is InChI=1S/C17H20N2O3/c1-12(22-16-5-3-4-14(18)10-16)17(20)19-11-13-6-8-15(21-2)9-7-13/h3-10,12H,11,18H2,1-2H3,(H,19,20)/t12-/m0/s1. The zero-order valence-corrected chi connectivity index (χ0v) is 12.7. The number of carbonyl (C=O) groups excluding carboxylic acids is 1. The molecule has 0 saturated heterocycles. The first-order valence-corrected chi connectivity index (χ1v) is 7.01. The lowest BCUT2D eigenvalue weighted by atomic mass is 10.2. The van der Waals surface area contributed by atoms with Gasteiger partial charge in [-0.15, -0.1) is 0 Å². The molecule has 0 aliphatic heterocycles. The van der Waals surface area contributed by atoms with Gasteiger partial charge in [-0.3, -0.25) is 4.79 Å². The molecule has 3 N–H and O–H groups in total. The van der Waals surface area contributed by atoms with Gasteiger partial charge in [0.25, 0.3) is 5.91 Å². The van der Waals surface area contributed by atoms with E-state index in [-0.39, 0.29) is 5.91 Å². The Morgan fingerprint density at radius 1 is 1.18 bits per heavy atom. The predicted molar refractivity (Wildman–Crippen MR) is 85.8 cm³/mol. The quantitative estimate of drug-likeness (QED) is 0.803. The summed E-state index contributed by atoms with van der Waals surface area (Å²) in [7, 11) is 1.62. The number of rotatable bonds is 6. The summed E-state index contributed by atoms with van der Waals surface area (Å²) in [6.07, 6.45) is -0.597. The average Bonchev–Trinajstić information content (AvgIpc) is 2.53. The summed E-state index contributed by atoms with van der Waals surface area (Å²) in [6.45, 7) is 2.14. The van der Waals surface area contributed by atoms with Crippen molar-refractivity contribution in [3.05, 3.63) is 54.1 Å². The molecule has 2 aromatic carbocycles. The maximum absolute atomic E-state index is 12.0. The van der Waals surface area contributed by atoms with E-state index in [1.165, 1.54) is 0 Å². The van der Waals surface area contributed by atoms with Crippen molar-refractivity contribution in [3.8, 4) is 11.5 Å². The molecule has 5 heteroatoms. The molecule has 22 heavy (non-hydrogen) atoms. The minimum Gasteiger partial charge on any atom is -0.497 e. The minimum absolute atomic E-state index is 0.182. The highest BCUT2D eigenvalue weighted by atomic mass is 16.5. The van der Waals surface area contributed by atoms with Gasteiger partial charge >= 0.3 is 0 Å². The van der Waals surface area contributed by atoms with Gasteiger partial charge in [-0.1, -0.05) is 18.2 Å². The maximum Gasteiger partial charge on any atom is 0.261 e. The van der Waals surface area contributed by atoms with Crippen LogP contribution in [0.1, 0.15) is 12.5 Å². The topological polar surface area (TPSA) is 73.6 Å². The van der Waals surface area contributed by atoms with Crippen molar-refractivity contribution in [1.82, 2.24) is 5.32 Å². The van der Waals surface area contributed by atoms with Gasteiger partial charge < -0.3 is 20.5 Å². The molecule has 1 amide bonds. The maximum atomic E-state index is 12.0. The predicted octanol–water partition coefficient (Wildman–Crippen LogP) is 2.36. The van der Waals surface area contributed by atoms with E-state index in [0.717, 1.165) is 11.3 Å². The van der Waals surface area contributed by atoms with Crippen molar-refractivity contribution in [2.75, 3.05) is 12.8 Å². The number of benzene rings is 2. The zero-order chi connectivity index (χ0) is 15.9. The van der Waals surface area contributed by atoms with Crippen molar-refractivity contribution >= 4 is 11.6 Å². The van der Waals surface area contributed by atoms with E-state index in [1.807, 2.05) is 24.3 Å². The summed E-state index contributed by atoms with van der Waals surface area (Å²) >= 11 is 0. The average molecular weight is 300 g/mol. The minimum atomic E-state index is -0.597. The Hall–Kier alpha value is -2.69. The number of methoxy groups -OCH3 is 1. The number of carbonyl (C=O) groups is 1. The van der Waals surface area contributed by atoms with Gasteiger partial charge in [-0.25, -0.2) is 0 Å². The van der Waals surface area contributed by atoms with Gasteiger partial charge in [0.2, 0.25) is 0 Å². The van der Waals surface area contributed by atoms with Gasteiger partial charge in [0.1, 0.15) is 11.5 Å². The van der Waals surface area contributed by atoms with Gasteiger partial charge in [0.15, 0.2) is 6.10 Å². The Kier molecular flexibility index (Phi) is 5.25. The highest BCUT2D eigenvalue weighted by molar-refractivity contribution is 5.80. The van der Waals surface area contributed by atoms with Crippen molar-refractivity contribution < 1.29 is 14.3 Å². The summed E-state index contributed by atoms with van der Waals surface area (Å²) in [4.78, 5) is 12.0. The Balaban J connectivity index is 1.85. The van der Waals surface area contributed by atoms with E-state index in [1.54, 1.807) is 38.3 Å². The molecule has 0 fully saturated rings. The summed E-state index contributed by atoms with van der Waals surface area (Å²) in [5.41, 5.74) is 7.27. The second-order valence-electron chi connectivity index (χ2n) is 4.90. The van der Waals surface area contributed by atoms with Crippen molar-refractivity contribution in [2.24, 2.45) is 0 Å². The van der Waals surface area contributed by atoms with Crippen molar-refractivity contribution in [3.63, 3.8) is 0 Å². The second-order valence-corrected chi connectivity index (χ2v) is 4.90. The van der Waals surface area contributed by atoms with E-state index in [2.05, 4.69) is 5.32 Å². The first-order chi connectivity index (χ1) is 10.6. The lowest BCUT2D eigenvalue weighted by Crippen LogP contribution is -2.35. The van der Waals surface area contributed by atoms with Crippen LogP contribution in [0.4, 0.5) is 5.69 Å². The van der Waals surface area contributed by atoms with E-state index >= 15 is 0 Å². The highest BCUT2D eigenvalue weighted by Gasteiger charge is 2.14. The monoisotopic (exact) mass is 300 g/mol. The van der Waals surface area contributed by atoms with Crippen LogP contribution in [0.2, 0.25) is 0 Å². The van der Waals surface area contributed by atoms with Crippen LogP contribution in [0, 0.1) is 0 Å². The summed E-state index contributed by atoms with van der Waals surface area (Å²) in [5.74, 6) is 1.18. The molecule has 5 nitrogen and oxygen atoms in total. The number of anilines is 1. The van der Waals surface area contributed by atoms with Crippen molar-refractivity contribution in [2.45, 2.75) is 19.6 Å². The molecule has 0 spiro atoms. The molecule has 1 atom stereocenters. The molecule has 116 valence electrons. The summed E-state index contributed by atoms with van der Waals surface area (Å²) in [5, 5.41) is 2.84. The van der Waals surface area contributed by atoms with Gasteiger partial charge in [0.05, 0.1) is 7.11 Å². The third kappa shape index (κ3) is 4.41. The molecule has 0 bridgehead atoms. The Labute approximate surface area is 130 Å². The van der Waals surface area contributed by atoms with Crippen LogP contribution in [0.5, 0.6) is 11.5 Å². The van der Waals surface area contributed by atoms with Gasteiger partial charge in [-0.2, -0.15) is 0 Å². The van der Waals surface area contributed by atoms with Gasteiger partial charge in [0, 0.05) is 18.3 Å². The Bertz CT molecular complexity index is 626. The fraction of sp³-hybridized carbons (Fsp3) is 0.235. The molecule has 0 unspecified atom stereocenters. The number of amides is 1. The van der Waals surface area contributed by atoms with Crippen LogP contribution in [0.3, 0.4) is 0 Å². The Morgan fingerprint density at radius 2 is 1.91 bits per heavy atom. The summed E-state index contributed by atoms with van der Waals surface area (Å²) < 4.78 is 10.7. The largest absolute Gasteiger partial charge is 0.497 e. The first kappa shape index (κ1) is 15.7. The lowest BCUT2D eigenvalue weighted by Gasteiger charge is -2.15. The normalized spacial score (nSPS) is 11.5. The van der Waals surface area contributed by atoms with E-state index in [9.17, 15) is 4.79 Å². The number of nitrogen functional groups attached to an aromatic ring is 1. The van der Waals surface area contributed by atoms with Crippen LogP contribution < -0.4 is 20.5 Å². The fourth-order valence-corrected chi connectivity index (χ4v) is 1.92. The van der Waals surface area contributed by atoms with Crippen LogP contribution >= 0.6 is 0 Å². The van der Waals surface area contributed by atoms with E-state index in [0.29, 0.717) is 18.0 Å². The number of nitrogens with two attached hydrogens (primary N) is 1. The second kappa shape index (κ2) is 7.36. The molecule has 0 aliphatic rings. The zero-order valence-electron chi connectivity index (χ0n) is 12.7. The van der Waals surface area contributed by atoms with E-state index < -0.39 is 6.10 Å². The third-order valence-corrected chi connectivity index (χ3v) is 3.17. The fourth-order valence-electron chi connectivity index (χ4n) is 1.92.